The first-order valence-corrected chi connectivity index (χ1v) is 8.11. The number of carbonyl (C=O) groups excluding carboxylic acids is 1. The minimum Gasteiger partial charge on any atom is -0.481 e. The lowest BCUT2D eigenvalue weighted by atomic mass is 10.0. The molecule has 2 atom stereocenters. The van der Waals surface area contributed by atoms with Gasteiger partial charge in [0.15, 0.2) is 0 Å². The van der Waals surface area contributed by atoms with Crippen LogP contribution in [0.4, 0.5) is 4.79 Å². The molecule has 1 aliphatic heterocycles. The van der Waals surface area contributed by atoms with Crippen LogP contribution in [0.5, 0.6) is 0 Å². The first-order valence-electron chi connectivity index (χ1n) is 6.50. The van der Waals surface area contributed by atoms with Crippen molar-refractivity contribution >= 4 is 39.3 Å². The second kappa shape index (κ2) is 6.58. The number of nitrogens with zero attached hydrogens (tertiary/aromatic N) is 1. The monoisotopic (exact) mass is 360 g/mol. The smallest absolute Gasteiger partial charge is 0.317 e. The highest BCUT2D eigenvalue weighted by atomic mass is 79.9. The molecule has 2 rings (SSSR count). The second-order valence-corrected chi connectivity index (χ2v) is 7.40. The van der Waals surface area contributed by atoms with Crippen LogP contribution in [0.3, 0.4) is 0 Å². The molecule has 0 saturated carbocycles. The van der Waals surface area contributed by atoms with Crippen molar-refractivity contribution in [2.45, 2.75) is 25.8 Å². The Morgan fingerprint density at radius 3 is 2.85 bits per heavy atom. The summed E-state index contributed by atoms with van der Waals surface area (Å²) in [5, 5.41) is 11.9. The molecule has 2 N–H and O–H groups in total. The SMILES string of the molecule is CC1C(C(=O)O)CCN1C(=O)NCCc1ccc(Br)s1. The number of likely N-dealkylation sites (tertiary alicyclic amines) is 1. The average Bonchev–Trinajstić information content (AvgIpc) is 2.95. The number of aliphatic carboxylic acids is 1. The van der Waals surface area contributed by atoms with Crippen LogP contribution in [0.1, 0.15) is 18.2 Å². The van der Waals surface area contributed by atoms with Gasteiger partial charge in [0.1, 0.15) is 0 Å². The van der Waals surface area contributed by atoms with E-state index in [4.69, 9.17) is 5.11 Å². The van der Waals surface area contributed by atoms with Gasteiger partial charge in [-0.1, -0.05) is 0 Å². The number of hydrogen-bond acceptors (Lipinski definition) is 3. The highest BCUT2D eigenvalue weighted by Gasteiger charge is 2.37. The Kier molecular flexibility index (Phi) is 5.04. The van der Waals surface area contributed by atoms with Crippen molar-refractivity contribution in [2.24, 2.45) is 5.92 Å². The summed E-state index contributed by atoms with van der Waals surface area (Å²) >= 11 is 5.05. The van der Waals surface area contributed by atoms with Crippen LogP contribution in [0.2, 0.25) is 0 Å². The van der Waals surface area contributed by atoms with E-state index in [0.29, 0.717) is 19.5 Å². The van der Waals surface area contributed by atoms with Gasteiger partial charge in [-0.05, 0) is 47.8 Å². The number of rotatable bonds is 4. The van der Waals surface area contributed by atoms with Crippen LogP contribution >= 0.6 is 27.3 Å². The Bertz CT molecular complexity index is 506. The molecule has 0 bridgehead atoms. The second-order valence-electron chi connectivity index (χ2n) is 4.86. The molecule has 0 aromatic carbocycles. The van der Waals surface area contributed by atoms with E-state index < -0.39 is 11.9 Å². The topological polar surface area (TPSA) is 69.6 Å². The molecule has 1 fully saturated rings. The predicted molar refractivity (Wildman–Crippen MR) is 81.0 cm³/mol. The van der Waals surface area contributed by atoms with Crippen LogP contribution < -0.4 is 5.32 Å². The Labute approximate surface area is 130 Å². The number of carbonyl (C=O) groups is 2. The van der Waals surface area contributed by atoms with Crippen LogP contribution in [-0.4, -0.2) is 41.1 Å². The Balaban J connectivity index is 1.79. The van der Waals surface area contributed by atoms with Crippen molar-refractivity contribution in [3.8, 4) is 0 Å². The van der Waals surface area contributed by atoms with E-state index in [1.807, 2.05) is 12.1 Å². The molecule has 1 saturated heterocycles. The van der Waals surface area contributed by atoms with Crippen molar-refractivity contribution in [2.75, 3.05) is 13.1 Å². The summed E-state index contributed by atoms with van der Waals surface area (Å²) in [5.41, 5.74) is 0. The third kappa shape index (κ3) is 3.52. The number of carboxylic acids is 1. The largest absolute Gasteiger partial charge is 0.481 e. The van der Waals surface area contributed by atoms with E-state index in [2.05, 4.69) is 21.2 Å². The summed E-state index contributed by atoms with van der Waals surface area (Å²) < 4.78 is 1.08. The summed E-state index contributed by atoms with van der Waals surface area (Å²) in [6.07, 6.45) is 1.31. The molecule has 7 heteroatoms. The van der Waals surface area contributed by atoms with Crippen LogP contribution in [-0.2, 0) is 11.2 Å². The zero-order chi connectivity index (χ0) is 14.7. The van der Waals surface area contributed by atoms with E-state index in [1.165, 1.54) is 4.88 Å². The first-order chi connectivity index (χ1) is 9.49. The van der Waals surface area contributed by atoms with Crippen LogP contribution in [0.15, 0.2) is 15.9 Å². The molecule has 0 spiro atoms. The minimum atomic E-state index is -0.823. The fourth-order valence-electron chi connectivity index (χ4n) is 2.44. The number of carboxylic acid groups (broad SMARTS) is 1. The predicted octanol–water partition coefficient (Wildman–Crippen LogP) is 2.56. The third-order valence-electron chi connectivity index (χ3n) is 3.61. The van der Waals surface area contributed by atoms with Crippen molar-refractivity contribution in [1.29, 1.82) is 0 Å². The van der Waals surface area contributed by atoms with Gasteiger partial charge >= 0.3 is 12.0 Å². The molecule has 20 heavy (non-hydrogen) atoms. The molecule has 1 aromatic rings. The lowest BCUT2D eigenvalue weighted by Gasteiger charge is -2.23. The molecule has 1 aromatic heterocycles. The number of urea groups is 1. The van der Waals surface area contributed by atoms with Gasteiger partial charge in [0.2, 0.25) is 0 Å². The fraction of sp³-hybridized carbons (Fsp3) is 0.538. The van der Waals surface area contributed by atoms with Gasteiger partial charge in [-0.25, -0.2) is 4.79 Å². The highest BCUT2D eigenvalue weighted by Crippen LogP contribution is 2.24. The van der Waals surface area contributed by atoms with Gasteiger partial charge in [-0.3, -0.25) is 4.79 Å². The minimum absolute atomic E-state index is 0.170. The number of hydrogen-bond donors (Lipinski definition) is 2. The van der Waals surface area contributed by atoms with Gasteiger partial charge in [-0.2, -0.15) is 0 Å². The van der Waals surface area contributed by atoms with Crippen molar-refractivity contribution in [3.63, 3.8) is 0 Å². The van der Waals surface area contributed by atoms with Crippen molar-refractivity contribution < 1.29 is 14.7 Å². The molecule has 110 valence electrons. The molecule has 1 aliphatic rings. The van der Waals surface area contributed by atoms with E-state index in [0.717, 1.165) is 10.2 Å². The van der Waals surface area contributed by atoms with Crippen molar-refractivity contribution in [3.05, 3.63) is 20.8 Å². The fourth-order valence-corrected chi connectivity index (χ4v) is 3.92. The number of nitrogens with one attached hydrogen (secondary N) is 1. The highest BCUT2D eigenvalue weighted by molar-refractivity contribution is 9.11. The lowest BCUT2D eigenvalue weighted by molar-refractivity contribution is -0.142. The maximum absolute atomic E-state index is 12.0. The van der Waals surface area contributed by atoms with E-state index in [1.54, 1.807) is 23.2 Å². The molecular formula is C13H17BrN2O3S. The van der Waals surface area contributed by atoms with E-state index in [9.17, 15) is 9.59 Å². The maximum atomic E-state index is 12.0. The molecule has 0 aliphatic carbocycles. The molecule has 2 amide bonds. The van der Waals surface area contributed by atoms with Gasteiger partial charge in [0, 0.05) is 24.0 Å². The average molecular weight is 361 g/mol. The Hall–Kier alpha value is -1.08. The van der Waals surface area contributed by atoms with Crippen LogP contribution in [0, 0.1) is 5.92 Å². The quantitative estimate of drug-likeness (QED) is 0.866. The lowest BCUT2D eigenvalue weighted by Crippen LogP contribution is -2.44. The first kappa shape index (κ1) is 15.3. The third-order valence-corrected chi connectivity index (χ3v) is 5.29. The van der Waals surface area contributed by atoms with Crippen LogP contribution in [0.25, 0.3) is 0 Å². The van der Waals surface area contributed by atoms with E-state index >= 15 is 0 Å². The van der Waals surface area contributed by atoms with Gasteiger partial charge < -0.3 is 15.3 Å². The molecule has 2 heterocycles. The summed E-state index contributed by atoms with van der Waals surface area (Å²) in [4.78, 5) is 25.9. The number of thiophene rings is 1. The summed E-state index contributed by atoms with van der Waals surface area (Å²) in [7, 11) is 0. The standard InChI is InChI=1S/C13H17BrN2O3S/c1-8-10(12(17)18)5-7-16(8)13(19)15-6-4-9-2-3-11(14)20-9/h2-3,8,10H,4-7H2,1H3,(H,15,19)(H,17,18). The number of amides is 2. The molecular weight excluding hydrogens is 344 g/mol. The van der Waals surface area contributed by atoms with Gasteiger partial charge in [0.05, 0.1) is 9.70 Å². The van der Waals surface area contributed by atoms with Crippen molar-refractivity contribution in [1.82, 2.24) is 10.2 Å². The summed E-state index contributed by atoms with van der Waals surface area (Å²) in [6, 6.07) is 3.60. The van der Waals surface area contributed by atoms with Gasteiger partial charge in [-0.15, -0.1) is 11.3 Å². The molecule has 2 unspecified atom stereocenters. The molecule has 0 radical (unpaired) electrons. The Morgan fingerprint density at radius 1 is 1.55 bits per heavy atom. The Morgan fingerprint density at radius 2 is 2.30 bits per heavy atom. The normalized spacial score (nSPS) is 22.0. The van der Waals surface area contributed by atoms with Gasteiger partial charge in [0.25, 0.3) is 0 Å². The summed E-state index contributed by atoms with van der Waals surface area (Å²) in [5.74, 6) is -1.27. The zero-order valence-electron chi connectivity index (χ0n) is 11.1. The number of halogens is 1. The summed E-state index contributed by atoms with van der Waals surface area (Å²) in [6.45, 7) is 2.86. The maximum Gasteiger partial charge on any atom is 0.317 e. The van der Waals surface area contributed by atoms with E-state index in [-0.39, 0.29) is 12.1 Å². The zero-order valence-corrected chi connectivity index (χ0v) is 13.5. The molecule has 5 nitrogen and oxygen atoms in total.